The minimum Gasteiger partial charge on any atom is -0.465 e. The lowest BCUT2D eigenvalue weighted by atomic mass is 9.89. The van der Waals surface area contributed by atoms with Crippen LogP contribution in [0, 0.1) is 5.92 Å². The molecule has 2 aromatic rings. The molecule has 4 rings (SSSR count). The Morgan fingerprint density at radius 3 is 2.17 bits per heavy atom. The number of ketones is 1. The predicted molar refractivity (Wildman–Crippen MR) is 143 cm³/mol. The van der Waals surface area contributed by atoms with E-state index in [-0.39, 0.29) is 30.1 Å². The first-order valence-electron chi connectivity index (χ1n) is 12.7. The summed E-state index contributed by atoms with van der Waals surface area (Å²) < 4.78 is 4.78. The minimum absolute atomic E-state index is 0. The van der Waals surface area contributed by atoms with E-state index in [1.165, 1.54) is 23.8 Å². The number of amides is 1. The van der Waals surface area contributed by atoms with Crippen molar-refractivity contribution in [3.05, 3.63) is 70.3 Å². The van der Waals surface area contributed by atoms with Crippen molar-refractivity contribution in [2.45, 2.75) is 52.0 Å². The first kappa shape index (κ1) is 27.9. The van der Waals surface area contributed by atoms with Crippen LogP contribution in [-0.2, 0) is 28.9 Å². The summed E-state index contributed by atoms with van der Waals surface area (Å²) in [5.74, 6) is 0.601. The van der Waals surface area contributed by atoms with E-state index in [9.17, 15) is 14.4 Å². The maximum atomic E-state index is 12.9. The summed E-state index contributed by atoms with van der Waals surface area (Å²) in [5.41, 5.74) is 5.19. The van der Waals surface area contributed by atoms with Crippen molar-refractivity contribution in [3.8, 4) is 0 Å². The molecule has 0 atom stereocenters. The number of methoxy groups -OCH3 is 1. The van der Waals surface area contributed by atoms with Crippen LogP contribution in [0.1, 0.15) is 70.0 Å². The van der Waals surface area contributed by atoms with Gasteiger partial charge in [0.15, 0.2) is 5.78 Å². The van der Waals surface area contributed by atoms with Gasteiger partial charge in [-0.1, -0.05) is 24.3 Å². The van der Waals surface area contributed by atoms with Crippen LogP contribution in [-0.4, -0.2) is 60.7 Å². The number of ether oxygens (including phenoxy) is 1. The summed E-state index contributed by atoms with van der Waals surface area (Å²) in [4.78, 5) is 40.4. The van der Waals surface area contributed by atoms with Crippen LogP contribution in [0.15, 0.2) is 42.5 Å². The normalized spacial score (nSPS) is 16.4. The second-order valence-corrected chi connectivity index (χ2v) is 9.86. The number of halogens is 1. The number of piperidine rings is 1. The number of likely N-dealkylation sites (tertiary alicyclic amines) is 1. The lowest BCUT2D eigenvalue weighted by molar-refractivity contribution is -0.130. The average molecular weight is 513 g/mol. The fraction of sp³-hybridized carbons (Fsp3) is 0.483. The maximum Gasteiger partial charge on any atom is 0.337 e. The minimum atomic E-state index is -0.314. The van der Waals surface area contributed by atoms with Crippen molar-refractivity contribution >= 4 is 30.1 Å². The second kappa shape index (κ2) is 13.0. The Morgan fingerprint density at radius 2 is 1.53 bits per heavy atom. The molecule has 1 saturated heterocycles. The highest BCUT2D eigenvalue weighted by Gasteiger charge is 2.22. The Kier molecular flexibility index (Phi) is 10.1. The third kappa shape index (κ3) is 7.17. The molecule has 2 heterocycles. The summed E-state index contributed by atoms with van der Waals surface area (Å²) in [5, 5.41) is 0. The fourth-order valence-corrected chi connectivity index (χ4v) is 5.24. The Labute approximate surface area is 220 Å². The van der Waals surface area contributed by atoms with Crippen LogP contribution >= 0.6 is 12.4 Å². The van der Waals surface area contributed by atoms with Crippen LogP contribution < -0.4 is 0 Å². The topological polar surface area (TPSA) is 66.9 Å². The van der Waals surface area contributed by atoms with Crippen molar-refractivity contribution in [3.63, 3.8) is 0 Å². The number of benzene rings is 2. The molecule has 0 unspecified atom stereocenters. The van der Waals surface area contributed by atoms with Gasteiger partial charge < -0.3 is 9.64 Å². The van der Waals surface area contributed by atoms with E-state index >= 15 is 0 Å². The van der Waals surface area contributed by atoms with E-state index in [4.69, 9.17) is 4.74 Å². The Hall–Kier alpha value is -2.70. The highest BCUT2D eigenvalue weighted by atomic mass is 35.5. The summed E-state index contributed by atoms with van der Waals surface area (Å²) in [6, 6.07) is 13.9. The van der Waals surface area contributed by atoms with Gasteiger partial charge in [0.05, 0.1) is 12.7 Å². The zero-order chi connectivity index (χ0) is 24.8. The van der Waals surface area contributed by atoms with Gasteiger partial charge in [0.2, 0.25) is 5.91 Å². The number of rotatable bonds is 7. The largest absolute Gasteiger partial charge is 0.465 e. The van der Waals surface area contributed by atoms with Crippen molar-refractivity contribution in [1.82, 2.24) is 9.80 Å². The molecule has 1 amide bonds. The van der Waals surface area contributed by atoms with E-state index in [1.807, 2.05) is 35.2 Å². The van der Waals surface area contributed by atoms with Gasteiger partial charge >= 0.3 is 5.97 Å². The van der Waals surface area contributed by atoms with Crippen LogP contribution in [0.2, 0.25) is 0 Å². The molecule has 0 spiro atoms. The monoisotopic (exact) mass is 512 g/mol. The zero-order valence-corrected chi connectivity index (χ0v) is 22.1. The molecule has 2 aliphatic rings. The van der Waals surface area contributed by atoms with Crippen LogP contribution in [0.5, 0.6) is 0 Å². The van der Waals surface area contributed by atoms with E-state index in [0.717, 1.165) is 70.4 Å². The van der Waals surface area contributed by atoms with Gasteiger partial charge in [0.1, 0.15) is 0 Å². The van der Waals surface area contributed by atoms with Crippen molar-refractivity contribution in [1.29, 1.82) is 0 Å². The van der Waals surface area contributed by atoms with Crippen molar-refractivity contribution < 1.29 is 19.1 Å². The van der Waals surface area contributed by atoms with Crippen LogP contribution in [0.3, 0.4) is 0 Å². The van der Waals surface area contributed by atoms with Crippen molar-refractivity contribution in [2.75, 3.05) is 33.3 Å². The predicted octanol–water partition coefficient (Wildman–Crippen LogP) is 4.72. The number of hydrogen-bond donors (Lipinski definition) is 0. The maximum absolute atomic E-state index is 12.9. The molecule has 6 nitrogen and oxygen atoms in total. The molecule has 0 radical (unpaired) electrons. The van der Waals surface area contributed by atoms with Crippen LogP contribution in [0.25, 0.3) is 0 Å². The van der Waals surface area contributed by atoms with Gasteiger partial charge in [-0.2, -0.15) is 0 Å². The quantitative estimate of drug-likeness (QED) is 0.397. The molecule has 194 valence electrons. The molecule has 36 heavy (non-hydrogen) atoms. The third-order valence-electron chi connectivity index (χ3n) is 7.54. The third-order valence-corrected chi connectivity index (χ3v) is 7.54. The highest BCUT2D eigenvalue weighted by Crippen LogP contribution is 2.24. The molecule has 0 bridgehead atoms. The molecule has 2 aliphatic heterocycles. The summed E-state index contributed by atoms with van der Waals surface area (Å²) in [6.07, 6.45) is 5.39. The first-order chi connectivity index (χ1) is 16.9. The van der Waals surface area contributed by atoms with Gasteiger partial charge in [-0.15, -0.1) is 12.4 Å². The average Bonchev–Trinajstić information content (AvgIpc) is 3.09. The molecule has 1 fully saturated rings. The van der Waals surface area contributed by atoms with Crippen LogP contribution in [0.4, 0.5) is 0 Å². The second-order valence-electron chi connectivity index (χ2n) is 9.86. The molecule has 0 saturated carbocycles. The number of esters is 1. The lowest BCUT2D eigenvalue weighted by Gasteiger charge is -2.31. The van der Waals surface area contributed by atoms with Gasteiger partial charge in [-0.05, 0) is 72.9 Å². The number of fused-ring (bicyclic) bond motifs is 1. The number of hydrogen-bond acceptors (Lipinski definition) is 5. The van der Waals surface area contributed by atoms with Gasteiger partial charge in [-0.3, -0.25) is 14.5 Å². The molecule has 0 aliphatic carbocycles. The zero-order valence-electron chi connectivity index (χ0n) is 21.3. The molecule has 0 aromatic heterocycles. The number of carbonyl (C=O) groups is 3. The van der Waals surface area contributed by atoms with Gasteiger partial charge in [0, 0.05) is 51.6 Å². The smallest absolute Gasteiger partial charge is 0.337 e. The molecular formula is C29H37ClN2O4. The Bertz CT molecular complexity index is 1060. The fourth-order valence-electron chi connectivity index (χ4n) is 5.24. The van der Waals surface area contributed by atoms with E-state index < -0.39 is 0 Å². The Morgan fingerprint density at radius 1 is 0.889 bits per heavy atom. The standard InChI is InChI=1S/C29H36N2O4.ClH/c1-21(32)31-17-11-22(12-18-31)5-10-28(33)27-9-8-24-13-15-30(16-14-26(24)19-27)20-23-3-6-25(7-4-23)29(34)35-2;/h3-4,6-9,19,22H,5,10-18,20H2,1-2H3;1H. The van der Waals surface area contributed by atoms with E-state index in [0.29, 0.717) is 17.9 Å². The molecule has 2 aromatic carbocycles. The molecule has 0 N–H and O–H groups in total. The highest BCUT2D eigenvalue weighted by molar-refractivity contribution is 5.96. The number of carbonyl (C=O) groups excluding carboxylic acids is 3. The number of Topliss-reactive ketones (excluding diaryl/α,β-unsaturated/α-hetero) is 1. The summed E-state index contributed by atoms with van der Waals surface area (Å²) in [7, 11) is 1.39. The number of nitrogens with zero attached hydrogens (tertiary/aromatic N) is 2. The molecular weight excluding hydrogens is 476 g/mol. The summed E-state index contributed by atoms with van der Waals surface area (Å²) >= 11 is 0. The van der Waals surface area contributed by atoms with E-state index in [1.54, 1.807) is 6.92 Å². The van der Waals surface area contributed by atoms with Crippen molar-refractivity contribution in [2.24, 2.45) is 5.92 Å². The SMILES string of the molecule is COC(=O)c1ccc(CN2CCc3ccc(C(=O)CCC4CCN(C(C)=O)CC4)cc3CC2)cc1.Cl. The molecule has 7 heteroatoms. The first-order valence-corrected chi connectivity index (χ1v) is 12.7. The summed E-state index contributed by atoms with van der Waals surface area (Å²) in [6.45, 7) is 6.02. The Balaban J connectivity index is 0.00000361. The van der Waals surface area contributed by atoms with E-state index in [2.05, 4.69) is 17.0 Å². The van der Waals surface area contributed by atoms with Gasteiger partial charge in [0.25, 0.3) is 0 Å². The lowest BCUT2D eigenvalue weighted by Crippen LogP contribution is -2.37. The van der Waals surface area contributed by atoms with Gasteiger partial charge in [-0.25, -0.2) is 4.79 Å².